The Morgan fingerprint density at radius 1 is 0.256 bits per heavy atom. The summed E-state index contributed by atoms with van der Waals surface area (Å²) in [5, 5.41) is 64.9. The molecular formula is C66H154O20. The van der Waals surface area contributed by atoms with E-state index in [4.69, 9.17) is 74.0 Å². The maximum Gasteiger partial charge on any atom is 0.107 e. The number of methoxy groups -OCH3 is 8. The lowest BCUT2D eigenvalue weighted by atomic mass is 10.3. The Labute approximate surface area is 534 Å². The molecule has 0 heterocycles. The maximum absolute atomic E-state index is 8.20. The smallest absolute Gasteiger partial charge is 0.107 e. The second kappa shape index (κ2) is 178. The normalized spacial score (nSPS) is 8.98. The fourth-order valence-electron chi connectivity index (χ4n) is 3.68. The van der Waals surface area contributed by atoms with Crippen LogP contribution in [0.5, 0.6) is 0 Å². The third-order valence-corrected chi connectivity index (χ3v) is 8.17. The first kappa shape index (κ1) is 119. The van der Waals surface area contributed by atoms with Gasteiger partial charge < -0.3 is 97.7 Å². The van der Waals surface area contributed by atoms with Crippen LogP contribution in [0.3, 0.4) is 0 Å². The highest BCUT2D eigenvalue weighted by Gasteiger charge is 1.81. The summed E-state index contributed by atoms with van der Waals surface area (Å²) in [5.74, 6) is 5.69. The molecule has 86 heavy (non-hydrogen) atoms. The Kier molecular flexibility index (Phi) is 245. The van der Waals surface area contributed by atoms with Crippen LogP contribution in [0.4, 0.5) is 0 Å². The summed E-state index contributed by atoms with van der Waals surface area (Å²) in [7, 11) is 13.3. The van der Waals surface area contributed by atoms with E-state index in [2.05, 4.69) is 90.1 Å². The van der Waals surface area contributed by atoms with E-state index in [0.717, 1.165) is 123 Å². The first-order valence-electron chi connectivity index (χ1n) is 32.0. The van der Waals surface area contributed by atoms with Gasteiger partial charge in [0.1, 0.15) is 6.61 Å². The fourth-order valence-corrected chi connectivity index (χ4v) is 3.68. The van der Waals surface area contributed by atoms with Crippen LogP contribution < -0.4 is 0 Å². The van der Waals surface area contributed by atoms with E-state index in [9.17, 15) is 0 Å². The van der Waals surface area contributed by atoms with Crippen molar-refractivity contribution < 1.29 is 97.7 Å². The van der Waals surface area contributed by atoms with Crippen molar-refractivity contribution in [1.82, 2.24) is 0 Å². The summed E-state index contributed by atoms with van der Waals surface area (Å²) in [5.41, 5.74) is 0. The highest BCUT2D eigenvalue weighted by atomic mass is 16.5. The molecule has 0 fully saturated rings. The first-order valence-corrected chi connectivity index (χ1v) is 32.0. The highest BCUT2D eigenvalue weighted by molar-refractivity contribution is 4.97. The van der Waals surface area contributed by atoms with Crippen molar-refractivity contribution >= 4 is 0 Å². The Hall–Kier alpha value is -1.50. The largest absolute Gasteiger partial charge is 0.396 e. The van der Waals surface area contributed by atoms with Gasteiger partial charge in [0.25, 0.3) is 0 Å². The van der Waals surface area contributed by atoms with Crippen molar-refractivity contribution in [2.45, 2.75) is 199 Å². The molecule has 0 amide bonds. The molecule has 0 aromatic rings. The zero-order chi connectivity index (χ0) is 69.0. The third-order valence-electron chi connectivity index (χ3n) is 8.17. The monoisotopic (exact) mass is 1270 g/mol. The average molecular weight is 1270 g/mol. The molecule has 0 saturated heterocycles. The predicted octanol–water partition coefficient (Wildman–Crippen LogP) is 10.8. The zero-order valence-corrected chi connectivity index (χ0v) is 60.3. The Morgan fingerprint density at radius 2 is 0.547 bits per heavy atom. The minimum absolute atomic E-state index is 0.133. The van der Waals surface area contributed by atoms with Crippen molar-refractivity contribution in [3.05, 3.63) is 12.2 Å². The molecule has 0 rings (SSSR count). The summed E-state index contributed by atoms with van der Waals surface area (Å²) in [6, 6.07) is 0. The maximum atomic E-state index is 8.20. The minimum Gasteiger partial charge on any atom is -0.396 e. The van der Waals surface area contributed by atoms with Gasteiger partial charge in [-0.15, -0.1) is 5.92 Å². The van der Waals surface area contributed by atoms with Gasteiger partial charge in [-0.2, -0.15) is 0 Å². The molecule has 0 atom stereocenters. The van der Waals surface area contributed by atoms with Gasteiger partial charge in [0.2, 0.25) is 0 Å². The summed E-state index contributed by atoms with van der Waals surface area (Å²) < 4.78 is 57.0. The number of aliphatic hydroxyl groups excluding tert-OH is 8. The van der Waals surface area contributed by atoms with Crippen LogP contribution in [0.25, 0.3) is 0 Å². The molecular weight excluding hydrogens is 1110 g/mol. The fraction of sp³-hybridized carbons (Fsp3) is 0.939. The lowest BCUT2D eigenvalue weighted by molar-refractivity contribution is 0.102. The van der Waals surface area contributed by atoms with E-state index >= 15 is 0 Å². The van der Waals surface area contributed by atoms with Gasteiger partial charge in [0.15, 0.2) is 0 Å². The SMILES string of the molecule is CC/C=C\COC.CCC#CCOC.CCCCCO.CCCCCO.CCCCOC.CCCCOC.CCCOCC.CCCOCC.CCOCCO.CCOCCO.COCCCO.COCCCO.COCCOC.OCCCCO. The standard InChI is InChI=1S/C6H12O.C6H10O.6C5H12O.6C4H10O2/c2*1-3-4-5-6-7-2;2*1-3-4-5-6-2;2*1-3-5-6-4-2;2*1-2-3-4-5-6;1-5-3-4-6-2;2*1-6-4-2-3-5;2*1-2-6-4-3-5;5-3-1-2-4-6/h4-5H,3,6H2,1-2H3;3,6H2,1-2H3;4*3-5H2,1-2H3;2*6H,2-5H2,1H3;3-4H2,1-2H3;4*5H,2-4H2,1H3;5-6H,1-4H2/b5-4-;;;;;;;;;;;;;. The quantitative estimate of drug-likeness (QED) is 0.0161. The summed E-state index contributed by atoms with van der Waals surface area (Å²) in [6.07, 6.45) is 22.8. The average Bonchev–Trinajstić information content (AvgIpc) is 3.54. The summed E-state index contributed by atoms with van der Waals surface area (Å²) >= 11 is 0. The second-order valence-corrected chi connectivity index (χ2v) is 16.5. The molecule has 0 aliphatic heterocycles. The predicted molar refractivity (Wildman–Crippen MR) is 363 cm³/mol. The molecule has 0 unspecified atom stereocenters. The van der Waals surface area contributed by atoms with Crippen LogP contribution in [0.15, 0.2) is 12.2 Å². The molecule has 0 aromatic heterocycles. The number of ether oxygens (including phenoxy) is 12. The summed E-state index contributed by atoms with van der Waals surface area (Å²) in [6.45, 7) is 38.2. The molecule has 0 radical (unpaired) electrons. The third kappa shape index (κ3) is 303. The van der Waals surface area contributed by atoms with Crippen molar-refractivity contribution in [3.8, 4) is 11.8 Å². The van der Waals surface area contributed by atoms with E-state index in [0.29, 0.717) is 72.7 Å². The Bertz CT molecular complexity index is 657. The molecule has 538 valence electrons. The van der Waals surface area contributed by atoms with Gasteiger partial charge in [-0.1, -0.05) is 112 Å². The van der Waals surface area contributed by atoms with Gasteiger partial charge in [-0.25, -0.2) is 0 Å². The topological polar surface area (TPSA) is 273 Å². The van der Waals surface area contributed by atoms with Gasteiger partial charge in [0, 0.05) is 169 Å². The highest BCUT2D eigenvalue weighted by Crippen LogP contribution is 1.90. The molecule has 0 spiro atoms. The molecule has 0 bridgehead atoms. The number of hydrogen-bond acceptors (Lipinski definition) is 20. The Morgan fingerprint density at radius 3 is 0.698 bits per heavy atom. The number of allylic oxidation sites excluding steroid dienone is 1. The number of unbranched alkanes of at least 4 members (excludes halogenated alkanes) is 7. The van der Waals surface area contributed by atoms with Crippen LogP contribution in [0.1, 0.15) is 199 Å². The van der Waals surface area contributed by atoms with Gasteiger partial charge in [-0.05, 0) is 98.3 Å². The van der Waals surface area contributed by atoms with E-state index in [1.807, 2.05) is 40.7 Å². The van der Waals surface area contributed by atoms with E-state index in [-0.39, 0.29) is 39.6 Å². The van der Waals surface area contributed by atoms with Crippen LogP contribution >= 0.6 is 0 Å². The molecule has 8 N–H and O–H groups in total. The van der Waals surface area contributed by atoms with Crippen molar-refractivity contribution in [3.63, 3.8) is 0 Å². The molecule has 0 aliphatic rings. The molecule has 0 saturated carbocycles. The summed E-state index contributed by atoms with van der Waals surface area (Å²) in [4.78, 5) is 0. The molecule has 20 nitrogen and oxygen atoms in total. The van der Waals surface area contributed by atoms with Gasteiger partial charge in [-0.3, -0.25) is 0 Å². The van der Waals surface area contributed by atoms with E-state index in [1.54, 1.807) is 56.9 Å². The van der Waals surface area contributed by atoms with Crippen LogP contribution in [-0.4, -0.2) is 256 Å². The van der Waals surface area contributed by atoms with Crippen LogP contribution in [0.2, 0.25) is 0 Å². The number of hydrogen-bond donors (Lipinski definition) is 8. The van der Waals surface area contributed by atoms with Crippen molar-refractivity contribution in [1.29, 1.82) is 0 Å². The van der Waals surface area contributed by atoms with Gasteiger partial charge >= 0.3 is 0 Å². The zero-order valence-electron chi connectivity index (χ0n) is 60.3. The van der Waals surface area contributed by atoms with E-state index in [1.165, 1.54) is 38.5 Å². The minimum atomic E-state index is 0.133. The van der Waals surface area contributed by atoms with Crippen molar-refractivity contribution in [2.24, 2.45) is 0 Å². The molecule has 20 heteroatoms. The van der Waals surface area contributed by atoms with Crippen LogP contribution in [-0.2, 0) is 56.8 Å². The Balaban J connectivity index is -0.0000000541. The molecule has 0 aromatic carbocycles. The number of rotatable bonds is 40. The first-order chi connectivity index (χ1) is 41.8. The number of aliphatic hydroxyl groups is 8. The van der Waals surface area contributed by atoms with Crippen molar-refractivity contribution in [2.75, 3.05) is 215 Å². The van der Waals surface area contributed by atoms with Gasteiger partial charge in [0.05, 0.1) is 46.2 Å². The second-order valence-electron chi connectivity index (χ2n) is 16.5. The molecule has 0 aliphatic carbocycles. The lowest BCUT2D eigenvalue weighted by Crippen LogP contribution is -1.96. The van der Waals surface area contributed by atoms with E-state index < -0.39 is 0 Å². The lowest BCUT2D eigenvalue weighted by Gasteiger charge is -1.91. The van der Waals surface area contributed by atoms with Crippen LogP contribution in [0, 0.1) is 11.8 Å².